The standard InChI is InChI=1S/C32H35N5O5S/c1-18(26-13-20(16-43-26)28(33)34)36-30(40)25-14-32(41-10-11-42-32)17-37(25)27(38)15-35-29(39)19-8-9-24-22(12-19)21-6-4-5-7-23(21)31(24,2)3/h4-9,12-13,16,18,25H,10-11,14-15,17H2,1-3H3,(H3,33,34)(H,35,39)(H,36,40)/t18?,25-/m0/s1. The van der Waals surface area contributed by atoms with Crippen molar-refractivity contribution in [2.45, 2.75) is 50.5 Å². The molecular weight excluding hydrogens is 566 g/mol. The van der Waals surface area contributed by atoms with E-state index >= 15 is 0 Å². The first-order valence-electron chi connectivity index (χ1n) is 14.3. The minimum absolute atomic E-state index is 0.0401. The molecular formula is C32H35N5O5S. The number of carbonyl (C=O) groups is 3. The fourth-order valence-corrected chi connectivity index (χ4v) is 7.28. The van der Waals surface area contributed by atoms with Gasteiger partial charge in [-0.15, -0.1) is 11.3 Å². The van der Waals surface area contributed by atoms with Gasteiger partial charge in [0.25, 0.3) is 5.91 Å². The minimum atomic E-state index is -1.05. The van der Waals surface area contributed by atoms with Crippen molar-refractivity contribution < 1.29 is 23.9 Å². The van der Waals surface area contributed by atoms with Crippen LogP contribution in [0.2, 0.25) is 0 Å². The maximum absolute atomic E-state index is 13.5. The Hall–Kier alpha value is -4.06. The fraction of sp³-hybridized carbons (Fsp3) is 0.375. The Kier molecular flexibility index (Phi) is 7.35. The maximum atomic E-state index is 13.5. The van der Waals surface area contributed by atoms with Gasteiger partial charge in [-0.3, -0.25) is 19.8 Å². The Morgan fingerprint density at radius 2 is 1.79 bits per heavy atom. The first-order chi connectivity index (χ1) is 20.5. The molecule has 224 valence electrons. The number of ether oxygens (including phenoxy) is 2. The SMILES string of the molecule is CC(NC(=O)[C@@H]1CC2(CN1C(=O)CNC(=O)c1ccc3c(c1)-c1ccccc1C3(C)C)OCCO2)c1cc(C(=N)N)cs1. The zero-order valence-electron chi connectivity index (χ0n) is 24.4. The molecule has 0 radical (unpaired) electrons. The minimum Gasteiger partial charge on any atom is -0.384 e. The van der Waals surface area contributed by atoms with Crippen molar-refractivity contribution in [1.82, 2.24) is 15.5 Å². The molecule has 1 aromatic heterocycles. The van der Waals surface area contributed by atoms with Crippen LogP contribution in [0, 0.1) is 5.41 Å². The molecule has 0 bridgehead atoms. The lowest BCUT2D eigenvalue weighted by molar-refractivity contribution is -0.152. The van der Waals surface area contributed by atoms with Crippen LogP contribution in [0.5, 0.6) is 0 Å². The predicted molar refractivity (Wildman–Crippen MR) is 163 cm³/mol. The number of amides is 3. The molecule has 5 N–H and O–H groups in total. The van der Waals surface area contributed by atoms with Gasteiger partial charge in [0.05, 0.1) is 32.3 Å². The molecule has 3 heterocycles. The number of hydrogen-bond donors (Lipinski definition) is 4. The topological polar surface area (TPSA) is 147 Å². The number of amidine groups is 1. The average Bonchev–Trinajstić information content (AvgIpc) is 3.78. The molecule has 1 aliphatic carbocycles. The zero-order chi connectivity index (χ0) is 30.5. The van der Waals surface area contributed by atoms with Crippen LogP contribution in [0.1, 0.15) is 65.2 Å². The van der Waals surface area contributed by atoms with Gasteiger partial charge in [-0.2, -0.15) is 0 Å². The van der Waals surface area contributed by atoms with Gasteiger partial charge in [-0.1, -0.05) is 44.2 Å². The first-order valence-corrected chi connectivity index (χ1v) is 15.2. The summed E-state index contributed by atoms with van der Waals surface area (Å²) in [4.78, 5) is 42.5. The second kappa shape index (κ2) is 10.9. The van der Waals surface area contributed by atoms with Gasteiger partial charge in [0.1, 0.15) is 11.9 Å². The largest absolute Gasteiger partial charge is 0.384 e. The highest BCUT2D eigenvalue weighted by Gasteiger charge is 2.52. The van der Waals surface area contributed by atoms with E-state index in [1.165, 1.54) is 21.8 Å². The molecule has 2 fully saturated rings. The molecule has 2 aromatic carbocycles. The van der Waals surface area contributed by atoms with E-state index in [0.29, 0.717) is 24.3 Å². The van der Waals surface area contributed by atoms with Crippen LogP contribution >= 0.6 is 11.3 Å². The number of rotatable bonds is 7. The summed E-state index contributed by atoms with van der Waals surface area (Å²) in [5.41, 5.74) is 11.0. The number of thiophene rings is 1. The molecule has 43 heavy (non-hydrogen) atoms. The smallest absolute Gasteiger partial charge is 0.251 e. The Balaban J connectivity index is 1.15. The van der Waals surface area contributed by atoms with Gasteiger partial charge in [-0.05, 0) is 47.4 Å². The number of nitrogen functional groups attached to an aromatic ring is 1. The summed E-state index contributed by atoms with van der Waals surface area (Å²) >= 11 is 1.40. The summed E-state index contributed by atoms with van der Waals surface area (Å²) < 4.78 is 11.7. The van der Waals surface area contributed by atoms with Crippen LogP contribution in [0.15, 0.2) is 53.9 Å². The lowest BCUT2D eigenvalue weighted by atomic mass is 9.82. The van der Waals surface area contributed by atoms with Gasteiger partial charge < -0.3 is 30.7 Å². The van der Waals surface area contributed by atoms with E-state index in [9.17, 15) is 14.4 Å². The predicted octanol–water partition coefficient (Wildman–Crippen LogP) is 3.29. The van der Waals surface area contributed by atoms with Crippen LogP contribution in [-0.4, -0.2) is 66.6 Å². The summed E-state index contributed by atoms with van der Waals surface area (Å²) in [7, 11) is 0. The lowest BCUT2D eigenvalue weighted by Gasteiger charge is -2.25. The van der Waals surface area contributed by atoms with Crippen molar-refractivity contribution >= 4 is 34.9 Å². The molecule has 11 heteroatoms. The summed E-state index contributed by atoms with van der Waals surface area (Å²) in [5, 5.41) is 15.1. The molecule has 2 saturated heterocycles. The van der Waals surface area contributed by atoms with Gasteiger partial charge >= 0.3 is 0 Å². The Bertz CT molecular complexity index is 1630. The molecule has 10 nitrogen and oxygen atoms in total. The average molecular weight is 602 g/mol. The molecule has 3 aromatic rings. The lowest BCUT2D eigenvalue weighted by Crippen LogP contribution is -2.49. The third-order valence-corrected chi connectivity index (χ3v) is 9.81. The molecule has 3 aliphatic rings. The van der Waals surface area contributed by atoms with Gasteiger partial charge in [0, 0.05) is 33.2 Å². The number of likely N-dealkylation sites (tertiary alicyclic amines) is 1. The number of benzene rings is 2. The summed E-state index contributed by atoms with van der Waals surface area (Å²) in [6.07, 6.45) is 0.189. The summed E-state index contributed by atoms with van der Waals surface area (Å²) in [6, 6.07) is 14.4. The number of fused-ring (bicyclic) bond motifs is 3. The fourth-order valence-electron chi connectivity index (χ4n) is 6.36. The molecule has 3 amide bonds. The second-order valence-electron chi connectivity index (χ2n) is 11.8. The third-order valence-electron chi connectivity index (χ3n) is 8.69. The van der Waals surface area contributed by atoms with Crippen LogP contribution in [0.25, 0.3) is 11.1 Å². The summed E-state index contributed by atoms with van der Waals surface area (Å²) in [5.74, 6) is -2.20. The van der Waals surface area contributed by atoms with Crippen molar-refractivity contribution in [3.8, 4) is 11.1 Å². The van der Waals surface area contributed by atoms with E-state index < -0.39 is 17.7 Å². The van der Waals surface area contributed by atoms with Gasteiger partial charge in [0.15, 0.2) is 5.79 Å². The van der Waals surface area contributed by atoms with Gasteiger partial charge in [0.2, 0.25) is 11.8 Å². The molecule has 2 atom stereocenters. The van der Waals surface area contributed by atoms with Crippen molar-refractivity contribution in [1.29, 1.82) is 5.41 Å². The number of nitrogens with one attached hydrogen (secondary N) is 3. The van der Waals surface area contributed by atoms with Crippen LogP contribution in [0.4, 0.5) is 0 Å². The molecule has 0 saturated carbocycles. The summed E-state index contributed by atoms with van der Waals surface area (Å²) in [6.45, 7) is 6.76. The highest BCUT2D eigenvalue weighted by atomic mass is 32.1. The van der Waals surface area contributed by atoms with Gasteiger partial charge in [-0.25, -0.2) is 0 Å². The third kappa shape index (κ3) is 5.21. The Morgan fingerprint density at radius 3 is 2.51 bits per heavy atom. The second-order valence-corrected chi connectivity index (χ2v) is 12.8. The van der Waals surface area contributed by atoms with Crippen LogP contribution in [0.3, 0.4) is 0 Å². The van der Waals surface area contributed by atoms with Crippen molar-refractivity contribution in [3.05, 3.63) is 81.0 Å². The van der Waals surface area contributed by atoms with Crippen molar-refractivity contribution in [2.75, 3.05) is 26.3 Å². The van der Waals surface area contributed by atoms with Crippen LogP contribution < -0.4 is 16.4 Å². The highest BCUT2D eigenvalue weighted by molar-refractivity contribution is 7.10. The van der Waals surface area contributed by atoms with Crippen molar-refractivity contribution in [2.24, 2.45) is 5.73 Å². The van der Waals surface area contributed by atoms with Crippen LogP contribution in [-0.2, 0) is 24.5 Å². The van der Waals surface area contributed by atoms with E-state index in [4.69, 9.17) is 20.6 Å². The molecule has 6 rings (SSSR count). The number of hydrogen-bond acceptors (Lipinski definition) is 7. The zero-order valence-corrected chi connectivity index (χ0v) is 25.2. The van der Waals surface area contributed by atoms with E-state index in [2.05, 4.69) is 36.6 Å². The van der Waals surface area contributed by atoms with E-state index in [0.717, 1.165) is 21.6 Å². The molecule has 2 aliphatic heterocycles. The normalized spacial score (nSPS) is 20.0. The van der Waals surface area contributed by atoms with E-state index in [1.807, 2.05) is 31.2 Å². The molecule has 1 spiro atoms. The Labute approximate surface area is 254 Å². The monoisotopic (exact) mass is 601 g/mol. The highest BCUT2D eigenvalue weighted by Crippen LogP contribution is 2.48. The number of carbonyl (C=O) groups excluding carboxylic acids is 3. The number of nitrogens with two attached hydrogens (primary N) is 1. The van der Waals surface area contributed by atoms with Crippen molar-refractivity contribution in [3.63, 3.8) is 0 Å². The Morgan fingerprint density at radius 1 is 1.07 bits per heavy atom. The maximum Gasteiger partial charge on any atom is 0.251 e. The molecule has 1 unspecified atom stereocenters. The van der Waals surface area contributed by atoms with E-state index in [1.54, 1.807) is 17.5 Å². The first kappa shape index (κ1) is 29.0. The number of nitrogens with zero attached hydrogens (tertiary/aromatic N) is 1. The quantitative estimate of drug-likeness (QED) is 0.241. The van der Waals surface area contributed by atoms with E-state index in [-0.39, 0.29) is 48.6 Å².